The van der Waals surface area contributed by atoms with Crippen LogP contribution < -0.4 is 0 Å². The van der Waals surface area contributed by atoms with Crippen molar-refractivity contribution in [3.63, 3.8) is 0 Å². The summed E-state index contributed by atoms with van der Waals surface area (Å²) in [6.07, 6.45) is 4.48. The number of carbonyl (C=O) groups excluding carboxylic acids is 2. The SMILES string of the molecule is C#C[C@H]1[C@H](OC(C)=O)[C@@H](OCC=C)[C@@H](C#C[Si](C)(C)C)O[C@@H]1COC(C)=O. The quantitative estimate of drug-likeness (QED) is 0.298. The van der Waals surface area contributed by atoms with E-state index in [1.54, 1.807) is 6.08 Å². The standard InChI is InChI=1S/C20H28O6Si/c1-8-11-23-20-17(10-12-27(5,6)7)26-18(13-24-14(3)21)16(9-2)19(20)25-15(4)22/h2,8,16-20H,1,11,13H2,3-7H3/t16-,17-,18-,19+,20+/m1/s1. The van der Waals surface area contributed by atoms with E-state index in [0.29, 0.717) is 0 Å². The van der Waals surface area contributed by atoms with Gasteiger partial charge in [-0.2, -0.15) is 0 Å². The second kappa shape index (κ2) is 10.3. The molecule has 0 radical (unpaired) electrons. The lowest BCUT2D eigenvalue weighted by atomic mass is 9.87. The number of hydrogen-bond donors (Lipinski definition) is 0. The van der Waals surface area contributed by atoms with E-state index in [4.69, 9.17) is 25.4 Å². The van der Waals surface area contributed by atoms with Crippen LogP contribution >= 0.6 is 0 Å². The summed E-state index contributed by atoms with van der Waals surface area (Å²) in [7, 11) is -1.69. The van der Waals surface area contributed by atoms with Gasteiger partial charge < -0.3 is 18.9 Å². The fourth-order valence-corrected chi connectivity index (χ4v) is 3.16. The molecule has 0 unspecified atom stereocenters. The Morgan fingerprint density at radius 3 is 2.37 bits per heavy atom. The van der Waals surface area contributed by atoms with Crippen molar-refractivity contribution in [2.45, 2.75) is 57.9 Å². The molecule has 1 rings (SSSR count). The fraction of sp³-hybridized carbons (Fsp3) is 0.600. The molecule has 5 atom stereocenters. The number of esters is 2. The predicted molar refractivity (Wildman–Crippen MR) is 104 cm³/mol. The van der Waals surface area contributed by atoms with Gasteiger partial charge in [-0.15, -0.1) is 18.5 Å². The summed E-state index contributed by atoms with van der Waals surface area (Å²) in [5.41, 5.74) is 3.25. The van der Waals surface area contributed by atoms with E-state index in [2.05, 4.69) is 43.6 Å². The number of ether oxygens (including phenoxy) is 4. The summed E-state index contributed by atoms with van der Waals surface area (Å²) in [5, 5.41) is 0. The highest BCUT2D eigenvalue weighted by atomic mass is 28.3. The van der Waals surface area contributed by atoms with Crippen LogP contribution in [0.4, 0.5) is 0 Å². The maximum Gasteiger partial charge on any atom is 0.303 e. The van der Waals surface area contributed by atoms with E-state index in [9.17, 15) is 9.59 Å². The normalized spacial score (nSPS) is 27.5. The Balaban J connectivity index is 3.27. The van der Waals surface area contributed by atoms with Crippen molar-refractivity contribution in [2.75, 3.05) is 13.2 Å². The van der Waals surface area contributed by atoms with Crippen LogP contribution in [0.5, 0.6) is 0 Å². The van der Waals surface area contributed by atoms with Crippen molar-refractivity contribution in [1.82, 2.24) is 0 Å². The third kappa shape index (κ3) is 7.60. The molecule has 0 aromatic carbocycles. The van der Waals surface area contributed by atoms with E-state index < -0.39 is 50.3 Å². The van der Waals surface area contributed by atoms with Crippen LogP contribution in [-0.2, 0) is 28.5 Å². The first-order chi connectivity index (χ1) is 12.6. The summed E-state index contributed by atoms with van der Waals surface area (Å²) in [6, 6.07) is 0. The van der Waals surface area contributed by atoms with Crippen molar-refractivity contribution < 1.29 is 28.5 Å². The van der Waals surface area contributed by atoms with E-state index in [1.807, 2.05) is 0 Å². The van der Waals surface area contributed by atoms with Crippen molar-refractivity contribution in [2.24, 2.45) is 5.92 Å². The summed E-state index contributed by atoms with van der Waals surface area (Å²) >= 11 is 0. The molecule has 0 aromatic heterocycles. The Hall–Kier alpha value is -2.06. The van der Waals surface area contributed by atoms with E-state index in [1.165, 1.54) is 13.8 Å². The molecule has 0 bridgehead atoms. The summed E-state index contributed by atoms with van der Waals surface area (Å²) in [6.45, 7) is 12.7. The maximum absolute atomic E-state index is 11.7. The highest BCUT2D eigenvalue weighted by molar-refractivity contribution is 6.83. The molecule has 7 heteroatoms. The summed E-state index contributed by atoms with van der Waals surface area (Å²) in [4.78, 5) is 22.9. The molecule has 1 fully saturated rings. The highest BCUT2D eigenvalue weighted by Gasteiger charge is 2.48. The molecule has 6 nitrogen and oxygen atoms in total. The van der Waals surface area contributed by atoms with Gasteiger partial charge in [-0.3, -0.25) is 9.59 Å². The third-order valence-corrected chi connectivity index (χ3v) is 4.53. The lowest BCUT2D eigenvalue weighted by molar-refractivity contribution is -0.210. The first kappa shape index (κ1) is 23.0. The van der Waals surface area contributed by atoms with Gasteiger partial charge in [0.15, 0.2) is 0 Å². The molecule has 0 aromatic rings. The average Bonchev–Trinajstić information content (AvgIpc) is 2.55. The number of carbonyl (C=O) groups is 2. The van der Waals surface area contributed by atoms with E-state index in [-0.39, 0.29) is 13.2 Å². The van der Waals surface area contributed by atoms with E-state index >= 15 is 0 Å². The minimum atomic E-state index is -1.69. The Kier molecular flexibility index (Phi) is 8.78. The lowest BCUT2D eigenvalue weighted by Crippen LogP contribution is -2.57. The first-order valence-corrected chi connectivity index (χ1v) is 12.3. The molecule has 0 amide bonds. The lowest BCUT2D eigenvalue weighted by Gasteiger charge is -2.42. The van der Waals surface area contributed by atoms with Crippen LogP contribution in [0.15, 0.2) is 12.7 Å². The van der Waals surface area contributed by atoms with Gasteiger partial charge >= 0.3 is 11.9 Å². The topological polar surface area (TPSA) is 71.1 Å². The summed E-state index contributed by atoms with van der Waals surface area (Å²) in [5.74, 6) is 4.12. The molecule has 0 saturated carbocycles. The molecule has 1 aliphatic heterocycles. The van der Waals surface area contributed by atoms with Crippen LogP contribution in [0.3, 0.4) is 0 Å². The zero-order valence-corrected chi connectivity index (χ0v) is 17.6. The molecule has 148 valence electrons. The fourth-order valence-electron chi connectivity index (χ4n) is 2.58. The van der Waals surface area contributed by atoms with Crippen molar-refractivity contribution >= 4 is 20.0 Å². The largest absolute Gasteiger partial charge is 0.463 e. The van der Waals surface area contributed by atoms with Gasteiger partial charge in [0.1, 0.15) is 39.1 Å². The monoisotopic (exact) mass is 392 g/mol. The second-order valence-corrected chi connectivity index (χ2v) is 12.0. The van der Waals surface area contributed by atoms with Crippen molar-refractivity contribution in [1.29, 1.82) is 0 Å². The molecule has 1 saturated heterocycles. The van der Waals surface area contributed by atoms with E-state index in [0.717, 1.165) is 0 Å². The molecule has 0 aliphatic carbocycles. The zero-order valence-electron chi connectivity index (χ0n) is 16.6. The summed E-state index contributed by atoms with van der Waals surface area (Å²) < 4.78 is 22.4. The van der Waals surface area contributed by atoms with Crippen LogP contribution in [0.2, 0.25) is 19.6 Å². The van der Waals surface area contributed by atoms with Crippen LogP contribution in [-0.4, -0.2) is 57.6 Å². The van der Waals surface area contributed by atoms with Crippen LogP contribution in [0, 0.1) is 29.7 Å². The Bertz CT molecular complexity index is 648. The number of rotatable bonds is 6. The Morgan fingerprint density at radius 1 is 1.22 bits per heavy atom. The smallest absolute Gasteiger partial charge is 0.303 e. The molecular weight excluding hydrogens is 364 g/mol. The van der Waals surface area contributed by atoms with Gasteiger partial charge in [0, 0.05) is 13.8 Å². The third-order valence-electron chi connectivity index (χ3n) is 3.64. The van der Waals surface area contributed by atoms with Gasteiger partial charge in [0.05, 0.1) is 12.5 Å². The van der Waals surface area contributed by atoms with Gasteiger partial charge in [0.25, 0.3) is 0 Å². The highest BCUT2D eigenvalue weighted by Crippen LogP contribution is 2.31. The molecule has 0 N–H and O–H groups in total. The van der Waals surface area contributed by atoms with Crippen LogP contribution in [0.1, 0.15) is 13.8 Å². The number of hydrogen-bond acceptors (Lipinski definition) is 6. The van der Waals surface area contributed by atoms with Crippen molar-refractivity contribution in [3.05, 3.63) is 12.7 Å². The molecule has 1 heterocycles. The maximum atomic E-state index is 11.7. The number of terminal acetylenes is 1. The second-order valence-electron chi connectivity index (χ2n) is 7.27. The first-order valence-electron chi connectivity index (χ1n) is 8.76. The zero-order chi connectivity index (χ0) is 20.6. The van der Waals surface area contributed by atoms with Crippen molar-refractivity contribution in [3.8, 4) is 23.8 Å². The van der Waals surface area contributed by atoms with Gasteiger partial charge in [-0.25, -0.2) is 0 Å². The van der Waals surface area contributed by atoms with Gasteiger partial charge in [-0.05, 0) is 0 Å². The van der Waals surface area contributed by atoms with Gasteiger partial charge in [-0.1, -0.05) is 37.6 Å². The minimum Gasteiger partial charge on any atom is -0.463 e. The Morgan fingerprint density at radius 2 is 1.89 bits per heavy atom. The van der Waals surface area contributed by atoms with Gasteiger partial charge in [0.2, 0.25) is 0 Å². The molecule has 0 spiro atoms. The molecule has 1 aliphatic rings. The molecular formula is C20H28O6Si. The minimum absolute atomic E-state index is 0.0543. The Labute approximate surface area is 162 Å². The average molecular weight is 393 g/mol. The predicted octanol–water partition coefficient (Wildman–Crippen LogP) is 1.95. The molecule has 27 heavy (non-hydrogen) atoms. The van der Waals surface area contributed by atoms with Crippen LogP contribution in [0.25, 0.3) is 0 Å².